The summed E-state index contributed by atoms with van der Waals surface area (Å²) in [5.41, 5.74) is 1.92. The molecule has 0 radical (unpaired) electrons. The van der Waals surface area contributed by atoms with Crippen LogP contribution in [0.15, 0.2) is 36.5 Å². The summed E-state index contributed by atoms with van der Waals surface area (Å²) in [4.78, 5) is 10.9. The third-order valence-electron chi connectivity index (χ3n) is 2.48. The second kappa shape index (κ2) is 4.02. The molecule has 1 heterocycles. The highest BCUT2D eigenvalue weighted by Crippen LogP contribution is 2.18. The van der Waals surface area contributed by atoms with Crippen LogP contribution in [0.3, 0.4) is 0 Å². The molecule has 82 valence electrons. The molecule has 1 aromatic heterocycles. The first-order chi connectivity index (χ1) is 7.59. The Morgan fingerprint density at radius 2 is 1.88 bits per heavy atom. The van der Waals surface area contributed by atoms with Crippen molar-refractivity contribution >= 4 is 17.6 Å². The monoisotopic (exact) mass is 235 g/mol. The molecule has 0 saturated carbocycles. The molecular formula is C12H10ClNO2. The van der Waals surface area contributed by atoms with Gasteiger partial charge in [-0.1, -0.05) is 11.6 Å². The minimum Gasteiger partial charge on any atom is -0.478 e. The van der Waals surface area contributed by atoms with Crippen LogP contribution in [0.5, 0.6) is 0 Å². The molecule has 2 aromatic rings. The van der Waals surface area contributed by atoms with Gasteiger partial charge in [0.1, 0.15) is 0 Å². The van der Waals surface area contributed by atoms with Gasteiger partial charge in [-0.15, -0.1) is 0 Å². The molecule has 0 fully saturated rings. The van der Waals surface area contributed by atoms with E-state index < -0.39 is 5.97 Å². The Morgan fingerprint density at radius 3 is 2.38 bits per heavy atom. The number of carbonyl (C=O) groups is 1. The molecule has 0 aliphatic heterocycles. The lowest BCUT2D eigenvalue weighted by molar-refractivity contribution is 0.0696. The number of rotatable bonds is 2. The van der Waals surface area contributed by atoms with E-state index in [0.717, 1.165) is 5.69 Å². The van der Waals surface area contributed by atoms with E-state index in [2.05, 4.69) is 0 Å². The fraction of sp³-hybridized carbons (Fsp3) is 0.0833. The molecule has 0 unspecified atom stereocenters. The van der Waals surface area contributed by atoms with Crippen molar-refractivity contribution in [2.45, 2.75) is 6.92 Å². The van der Waals surface area contributed by atoms with Gasteiger partial charge < -0.3 is 9.67 Å². The van der Waals surface area contributed by atoms with Gasteiger partial charge in [0, 0.05) is 22.6 Å². The average molecular weight is 236 g/mol. The third kappa shape index (κ3) is 1.82. The Balaban J connectivity index is 2.49. The van der Waals surface area contributed by atoms with Crippen molar-refractivity contribution < 1.29 is 9.90 Å². The van der Waals surface area contributed by atoms with E-state index in [-0.39, 0.29) is 0 Å². The number of hydrogen-bond donors (Lipinski definition) is 1. The summed E-state index contributed by atoms with van der Waals surface area (Å²) in [7, 11) is 0. The molecule has 1 aromatic carbocycles. The number of carboxylic acid groups (broad SMARTS) is 1. The van der Waals surface area contributed by atoms with E-state index in [1.807, 2.05) is 16.7 Å². The van der Waals surface area contributed by atoms with Crippen LogP contribution in [0.4, 0.5) is 0 Å². The van der Waals surface area contributed by atoms with Crippen LogP contribution in [-0.2, 0) is 0 Å². The lowest BCUT2D eigenvalue weighted by atomic mass is 10.2. The molecule has 0 atom stereocenters. The van der Waals surface area contributed by atoms with Crippen LogP contribution in [0.1, 0.15) is 16.1 Å². The van der Waals surface area contributed by atoms with Gasteiger partial charge in [0.25, 0.3) is 0 Å². The van der Waals surface area contributed by atoms with Crippen molar-refractivity contribution in [1.29, 1.82) is 0 Å². The highest BCUT2D eigenvalue weighted by Gasteiger charge is 2.11. The summed E-state index contributed by atoms with van der Waals surface area (Å²) >= 11 is 5.79. The molecule has 2 rings (SSSR count). The summed E-state index contributed by atoms with van der Waals surface area (Å²) in [5.74, 6) is -0.912. The number of halogens is 1. The lowest BCUT2D eigenvalue weighted by Gasteiger charge is -2.06. The van der Waals surface area contributed by atoms with E-state index >= 15 is 0 Å². The van der Waals surface area contributed by atoms with E-state index in [4.69, 9.17) is 16.7 Å². The van der Waals surface area contributed by atoms with Gasteiger partial charge in [-0.25, -0.2) is 4.79 Å². The largest absolute Gasteiger partial charge is 0.478 e. The first-order valence-corrected chi connectivity index (χ1v) is 5.14. The second-order valence-corrected chi connectivity index (χ2v) is 3.90. The number of nitrogens with zero attached hydrogens (tertiary/aromatic N) is 1. The fourth-order valence-electron chi connectivity index (χ4n) is 1.62. The minimum absolute atomic E-state index is 0.315. The van der Waals surface area contributed by atoms with Gasteiger partial charge in [-0.2, -0.15) is 0 Å². The van der Waals surface area contributed by atoms with Gasteiger partial charge in [0.05, 0.1) is 5.56 Å². The number of hydrogen-bond acceptors (Lipinski definition) is 1. The quantitative estimate of drug-likeness (QED) is 0.869. The van der Waals surface area contributed by atoms with Crippen LogP contribution in [0.25, 0.3) is 5.69 Å². The van der Waals surface area contributed by atoms with Crippen LogP contribution < -0.4 is 0 Å². The van der Waals surface area contributed by atoms with Gasteiger partial charge in [0.2, 0.25) is 0 Å². The zero-order valence-corrected chi connectivity index (χ0v) is 9.40. The van der Waals surface area contributed by atoms with Crippen molar-refractivity contribution in [3.8, 4) is 5.69 Å². The Bertz CT molecular complexity index is 528. The number of benzene rings is 1. The Hall–Kier alpha value is -1.74. The van der Waals surface area contributed by atoms with Gasteiger partial charge in [0.15, 0.2) is 0 Å². The SMILES string of the molecule is Cc1c(C(=O)O)ccn1-c1ccc(Cl)cc1. The topological polar surface area (TPSA) is 42.2 Å². The van der Waals surface area contributed by atoms with E-state index in [0.29, 0.717) is 16.3 Å². The minimum atomic E-state index is -0.912. The molecule has 0 bridgehead atoms. The molecule has 0 amide bonds. The van der Waals surface area contributed by atoms with Crippen molar-refractivity contribution in [3.05, 3.63) is 52.8 Å². The average Bonchev–Trinajstić information content (AvgIpc) is 2.61. The summed E-state index contributed by atoms with van der Waals surface area (Å²) in [6.45, 7) is 1.78. The van der Waals surface area contributed by atoms with E-state index in [1.54, 1.807) is 31.3 Å². The highest BCUT2D eigenvalue weighted by atomic mass is 35.5. The number of carboxylic acids is 1. The number of aromatic nitrogens is 1. The van der Waals surface area contributed by atoms with Crippen LogP contribution in [0.2, 0.25) is 5.02 Å². The van der Waals surface area contributed by atoms with E-state index in [1.165, 1.54) is 0 Å². The maximum atomic E-state index is 10.9. The van der Waals surface area contributed by atoms with Crippen molar-refractivity contribution in [1.82, 2.24) is 4.57 Å². The van der Waals surface area contributed by atoms with Gasteiger partial charge >= 0.3 is 5.97 Å². The molecule has 3 nitrogen and oxygen atoms in total. The first kappa shape index (κ1) is 10.8. The van der Waals surface area contributed by atoms with Gasteiger partial charge in [-0.05, 0) is 37.3 Å². The van der Waals surface area contributed by atoms with Crippen molar-refractivity contribution in [2.24, 2.45) is 0 Å². The fourth-order valence-corrected chi connectivity index (χ4v) is 1.74. The van der Waals surface area contributed by atoms with Crippen molar-refractivity contribution in [3.63, 3.8) is 0 Å². The molecule has 4 heteroatoms. The summed E-state index contributed by atoms with van der Waals surface area (Å²) in [6.07, 6.45) is 1.74. The molecule has 0 aliphatic carbocycles. The summed E-state index contributed by atoms with van der Waals surface area (Å²) in [5, 5.41) is 9.59. The maximum Gasteiger partial charge on any atom is 0.337 e. The smallest absolute Gasteiger partial charge is 0.337 e. The Morgan fingerprint density at radius 1 is 1.25 bits per heavy atom. The Kier molecular flexibility index (Phi) is 2.71. The second-order valence-electron chi connectivity index (χ2n) is 3.47. The molecular weight excluding hydrogens is 226 g/mol. The molecule has 0 spiro atoms. The first-order valence-electron chi connectivity index (χ1n) is 4.77. The summed E-state index contributed by atoms with van der Waals surface area (Å²) < 4.78 is 1.82. The zero-order chi connectivity index (χ0) is 11.7. The maximum absolute atomic E-state index is 10.9. The van der Waals surface area contributed by atoms with Crippen molar-refractivity contribution in [2.75, 3.05) is 0 Å². The normalized spacial score (nSPS) is 10.4. The summed E-state index contributed by atoms with van der Waals surface area (Å²) in [6, 6.07) is 8.84. The standard InChI is InChI=1S/C12H10ClNO2/c1-8-11(12(15)16)6-7-14(8)10-4-2-9(13)3-5-10/h2-7H,1H3,(H,15,16). The molecule has 0 aliphatic rings. The van der Waals surface area contributed by atoms with Crippen LogP contribution >= 0.6 is 11.6 Å². The molecule has 16 heavy (non-hydrogen) atoms. The van der Waals surface area contributed by atoms with Crippen LogP contribution in [0, 0.1) is 6.92 Å². The predicted molar refractivity (Wildman–Crippen MR) is 62.5 cm³/mol. The zero-order valence-electron chi connectivity index (χ0n) is 8.64. The predicted octanol–water partition coefficient (Wildman–Crippen LogP) is 3.14. The molecule has 1 N–H and O–H groups in total. The lowest BCUT2D eigenvalue weighted by Crippen LogP contribution is -2.00. The third-order valence-corrected chi connectivity index (χ3v) is 2.73. The number of aromatic carboxylic acids is 1. The highest BCUT2D eigenvalue weighted by molar-refractivity contribution is 6.30. The van der Waals surface area contributed by atoms with Gasteiger partial charge in [-0.3, -0.25) is 0 Å². The van der Waals surface area contributed by atoms with Crippen LogP contribution in [-0.4, -0.2) is 15.6 Å². The molecule has 0 saturated heterocycles. The Labute approximate surface area is 97.9 Å². The van der Waals surface area contributed by atoms with E-state index in [9.17, 15) is 4.79 Å².